The SMILES string of the molecule is CN=C(NCC(C1CC1)N(C)C)N(C)Cc1cc(Br)cn1C.I. The molecule has 0 spiro atoms. The number of halogens is 2. The number of hydrogen-bond donors (Lipinski definition) is 1. The van der Waals surface area contributed by atoms with E-state index in [1.54, 1.807) is 0 Å². The Hall–Kier alpha value is -0.280. The Morgan fingerprint density at radius 2 is 2.09 bits per heavy atom. The predicted molar refractivity (Wildman–Crippen MR) is 112 cm³/mol. The zero-order valence-corrected chi connectivity index (χ0v) is 18.6. The van der Waals surface area contributed by atoms with E-state index in [4.69, 9.17) is 0 Å². The highest BCUT2D eigenvalue weighted by molar-refractivity contribution is 14.0. The molecule has 1 aromatic rings. The van der Waals surface area contributed by atoms with Crippen LogP contribution in [-0.4, -0.2) is 61.1 Å². The number of guanidine groups is 1. The summed E-state index contributed by atoms with van der Waals surface area (Å²) in [5.41, 5.74) is 1.25. The Morgan fingerprint density at radius 3 is 2.52 bits per heavy atom. The highest BCUT2D eigenvalue weighted by Crippen LogP contribution is 2.34. The van der Waals surface area contributed by atoms with Crippen molar-refractivity contribution < 1.29 is 0 Å². The van der Waals surface area contributed by atoms with Crippen LogP contribution in [0.25, 0.3) is 0 Å². The van der Waals surface area contributed by atoms with Crippen LogP contribution in [0.5, 0.6) is 0 Å². The van der Waals surface area contributed by atoms with Crippen LogP contribution in [0, 0.1) is 5.92 Å². The van der Waals surface area contributed by atoms with Crippen molar-refractivity contribution >= 4 is 45.9 Å². The van der Waals surface area contributed by atoms with Gasteiger partial charge >= 0.3 is 0 Å². The van der Waals surface area contributed by atoms with Gasteiger partial charge in [-0.15, -0.1) is 24.0 Å². The van der Waals surface area contributed by atoms with E-state index < -0.39 is 0 Å². The van der Waals surface area contributed by atoms with E-state index in [9.17, 15) is 0 Å². The number of rotatable bonds is 6. The second-order valence-corrected chi connectivity index (χ2v) is 7.33. The van der Waals surface area contributed by atoms with E-state index >= 15 is 0 Å². The summed E-state index contributed by atoms with van der Waals surface area (Å²) in [5.74, 6) is 1.79. The minimum absolute atomic E-state index is 0. The van der Waals surface area contributed by atoms with Gasteiger partial charge in [0.25, 0.3) is 0 Å². The van der Waals surface area contributed by atoms with Crippen LogP contribution in [0.1, 0.15) is 18.5 Å². The van der Waals surface area contributed by atoms with Crippen molar-refractivity contribution in [2.75, 3.05) is 34.7 Å². The maximum atomic E-state index is 4.42. The van der Waals surface area contributed by atoms with Crippen molar-refractivity contribution in [2.24, 2.45) is 18.0 Å². The lowest BCUT2D eigenvalue weighted by Gasteiger charge is -2.28. The van der Waals surface area contributed by atoms with Crippen LogP contribution in [0.4, 0.5) is 0 Å². The van der Waals surface area contributed by atoms with Gasteiger partial charge in [0.15, 0.2) is 5.96 Å². The molecule has 1 atom stereocenters. The lowest BCUT2D eigenvalue weighted by atomic mass is 10.1. The second kappa shape index (κ2) is 9.27. The van der Waals surface area contributed by atoms with Gasteiger partial charge in [0.1, 0.15) is 0 Å². The van der Waals surface area contributed by atoms with Crippen molar-refractivity contribution in [3.05, 3.63) is 22.4 Å². The Balaban J connectivity index is 0.00000264. The molecule has 132 valence electrons. The number of aliphatic imine (C=N–C) groups is 1. The van der Waals surface area contributed by atoms with Crippen LogP contribution in [0.3, 0.4) is 0 Å². The van der Waals surface area contributed by atoms with Crippen LogP contribution >= 0.6 is 39.9 Å². The van der Waals surface area contributed by atoms with Crippen molar-refractivity contribution in [1.82, 2.24) is 19.7 Å². The lowest BCUT2D eigenvalue weighted by molar-refractivity contribution is 0.262. The third kappa shape index (κ3) is 5.94. The molecule has 0 radical (unpaired) electrons. The standard InChI is InChI=1S/C16H28BrN5.HI/c1-18-16(19-9-15(20(2)3)12-6-7-12)22(5)11-14-8-13(17)10-21(14)4;/h8,10,12,15H,6-7,9,11H2,1-5H3,(H,18,19);1H. The monoisotopic (exact) mass is 497 g/mol. The van der Waals surface area contributed by atoms with Gasteiger partial charge in [0.2, 0.25) is 0 Å². The van der Waals surface area contributed by atoms with Crippen molar-refractivity contribution in [3.8, 4) is 0 Å². The van der Waals surface area contributed by atoms with Gasteiger partial charge in [-0.25, -0.2) is 0 Å². The van der Waals surface area contributed by atoms with Crippen LogP contribution < -0.4 is 5.32 Å². The molecule has 2 rings (SSSR count). The molecule has 0 bridgehead atoms. The molecule has 1 aliphatic rings. The van der Waals surface area contributed by atoms with Gasteiger partial charge in [-0.3, -0.25) is 4.99 Å². The molecule has 0 amide bonds. The fourth-order valence-corrected chi connectivity index (χ4v) is 3.45. The molecular formula is C16H29BrIN5. The summed E-state index contributed by atoms with van der Waals surface area (Å²) in [6.45, 7) is 1.78. The second-order valence-electron chi connectivity index (χ2n) is 6.41. The summed E-state index contributed by atoms with van der Waals surface area (Å²) in [7, 11) is 10.3. The third-order valence-corrected chi connectivity index (χ3v) is 4.78. The Kier molecular flexibility index (Phi) is 8.37. The number of aromatic nitrogens is 1. The van der Waals surface area contributed by atoms with E-state index in [-0.39, 0.29) is 24.0 Å². The first-order chi connectivity index (χ1) is 10.4. The quantitative estimate of drug-likeness (QED) is 0.373. The summed E-state index contributed by atoms with van der Waals surface area (Å²) >= 11 is 3.52. The van der Waals surface area contributed by atoms with Gasteiger partial charge < -0.3 is 19.7 Å². The summed E-state index contributed by atoms with van der Waals surface area (Å²) in [6, 6.07) is 2.74. The Labute approximate surface area is 165 Å². The third-order valence-electron chi connectivity index (χ3n) is 4.35. The minimum atomic E-state index is 0. The van der Waals surface area contributed by atoms with E-state index in [1.807, 2.05) is 7.05 Å². The van der Waals surface area contributed by atoms with Gasteiger partial charge in [0, 0.05) is 50.1 Å². The molecule has 1 saturated carbocycles. The maximum Gasteiger partial charge on any atom is 0.193 e. The van der Waals surface area contributed by atoms with Gasteiger partial charge in [-0.05, 0) is 54.9 Å². The van der Waals surface area contributed by atoms with Crippen molar-refractivity contribution in [1.29, 1.82) is 0 Å². The fraction of sp³-hybridized carbons (Fsp3) is 0.688. The first-order valence-electron chi connectivity index (χ1n) is 7.81. The maximum absolute atomic E-state index is 4.42. The topological polar surface area (TPSA) is 35.8 Å². The fourth-order valence-electron chi connectivity index (χ4n) is 2.87. The molecule has 1 N–H and O–H groups in total. The molecule has 0 aliphatic heterocycles. The summed E-state index contributed by atoms with van der Waals surface area (Å²) < 4.78 is 3.25. The summed E-state index contributed by atoms with van der Waals surface area (Å²) in [4.78, 5) is 8.92. The highest BCUT2D eigenvalue weighted by atomic mass is 127. The van der Waals surface area contributed by atoms with Gasteiger partial charge in [-0.1, -0.05) is 0 Å². The Morgan fingerprint density at radius 1 is 1.43 bits per heavy atom. The molecule has 5 nitrogen and oxygen atoms in total. The molecule has 1 heterocycles. The molecule has 1 fully saturated rings. The summed E-state index contributed by atoms with van der Waals surface area (Å²) in [6.07, 6.45) is 4.79. The average Bonchev–Trinajstić information content (AvgIpc) is 3.21. The highest BCUT2D eigenvalue weighted by Gasteiger charge is 2.32. The normalized spacial score (nSPS) is 16.2. The number of hydrogen-bond acceptors (Lipinski definition) is 2. The molecule has 7 heteroatoms. The molecule has 0 saturated heterocycles. The van der Waals surface area contributed by atoms with E-state index in [0.29, 0.717) is 6.04 Å². The van der Waals surface area contributed by atoms with Crippen LogP contribution in [0.15, 0.2) is 21.7 Å². The number of aryl methyl sites for hydroxylation is 1. The number of nitrogens with zero attached hydrogens (tertiary/aromatic N) is 4. The lowest BCUT2D eigenvalue weighted by Crippen LogP contribution is -2.46. The zero-order valence-electron chi connectivity index (χ0n) is 14.7. The molecule has 1 aromatic heterocycles. The van der Waals surface area contributed by atoms with Crippen LogP contribution in [-0.2, 0) is 13.6 Å². The molecule has 23 heavy (non-hydrogen) atoms. The van der Waals surface area contributed by atoms with Crippen LogP contribution in [0.2, 0.25) is 0 Å². The van der Waals surface area contributed by atoms with Crippen molar-refractivity contribution in [2.45, 2.75) is 25.4 Å². The predicted octanol–water partition coefficient (Wildman–Crippen LogP) is 2.75. The largest absolute Gasteiger partial charge is 0.355 e. The summed E-state index contributed by atoms with van der Waals surface area (Å²) in [5, 5.41) is 3.53. The van der Waals surface area contributed by atoms with Crippen molar-refractivity contribution in [3.63, 3.8) is 0 Å². The molecular weight excluding hydrogens is 469 g/mol. The van der Waals surface area contributed by atoms with E-state index in [1.165, 1.54) is 18.5 Å². The first kappa shape index (κ1) is 20.8. The Bertz CT molecular complexity index is 523. The average molecular weight is 498 g/mol. The number of nitrogens with one attached hydrogen (secondary N) is 1. The smallest absolute Gasteiger partial charge is 0.193 e. The minimum Gasteiger partial charge on any atom is -0.355 e. The van der Waals surface area contributed by atoms with E-state index in [2.05, 4.69) is 81.1 Å². The van der Waals surface area contributed by atoms with Gasteiger partial charge in [0.05, 0.1) is 6.54 Å². The van der Waals surface area contributed by atoms with E-state index in [0.717, 1.165) is 29.4 Å². The zero-order chi connectivity index (χ0) is 16.3. The molecule has 0 aromatic carbocycles. The first-order valence-corrected chi connectivity index (χ1v) is 8.60. The molecule has 1 unspecified atom stereocenters. The van der Waals surface area contributed by atoms with Gasteiger partial charge in [-0.2, -0.15) is 0 Å². The molecule has 1 aliphatic carbocycles. The number of likely N-dealkylation sites (N-methyl/N-ethyl adjacent to an activating group) is 1.